The maximum absolute atomic E-state index is 14.2. The Kier molecular flexibility index (Phi) is 6.22. The first-order chi connectivity index (χ1) is 18.4. The van der Waals surface area contributed by atoms with Gasteiger partial charge < -0.3 is 14.5 Å². The van der Waals surface area contributed by atoms with Crippen molar-refractivity contribution in [3.8, 4) is 11.9 Å². The van der Waals surface area contributed by atoms with E-state index in [-0.39, 0.29) is 12.2 Å². The number of nitrogens with one attached hydrogen (secondary N) is 1. The van der Waals surface area contributed by atoms with Crippen molar-refractivity contribution < 1.29 is 18.7 Å². The molecule has 2 aromatic heterocycles. The Hall–Kier alpha value is -4.00. The summed E-state index contributed by atoms with van der Waals surface area (Å²) >= 11 is 6.35. The number of nitriles is 1. The molecule has 0 radical (unpaired) electrons. The minimum absolute atomic E-state index is 0.0436. The molecule has 1 saturated carbocycles. The summed E-state index contributed by atoms with van der Waals surface area (Å²) in [5, 5.41) is 9.30. The van der Waals surface area contributed by atoms with Gasteiger partial charge in [-0.25, -0.2) is 19.2 Å². The van der Waals surface area contributed by atoms with Gasteiger partial charge in [-0.1, -0.05) is 23.7 Å². The molecule has 1 N–H and O–H groups in total. The third kappa shape index (κ3) is 4.57. The number of H-pyrrole nitrogens is 1. The normalized spacial score (nSPS) is 20.2. The van der Waals surface area contributed by atoms with Crippen LogP contribution in [-0.2, 0) is 17.9 Å². The standard InChI is InChI=1S/C28H23ClFN5O3/c1-37-28(36)17-8-20(29)27-23(9-17)32-24(34-27)13-35-11-18-19(12-35)26(18)22-3-2-4-25(33-22)38-14-16-6-5-15(10-31)7-21(16)30/h2-9,18-19,26H,11-14H2,1H3,(H,32,34)/t18-,19+,26?. The van der Waals surface area contributed by atoms with E-state index < -0.39 is 11.8 Å². The van der Waals surface area contributed by atoms with Crippen LogP contribution in [0.25, 0.3) is 11.0 Å². The van der Waals surface area contributed by atoms with Crippen LogP contribution < -0.4 is 4.74 Å². The zero-order valence-corrected chi connectivity index (χ0v) is 21.2. The van der Waals surface area contributed by atoms with Crippen molar-refractivity contribution in [3.05, 3.63) is 87.6 Å². The minimum Gasteiger partial charge on any atom is -0.473 e. The summed E-state index contributed by atoms with van der Waals surface area (Å²) in [5.74, 6) is 1.73. The summed E-state index contributed by atoms with van der Waals surface area (Å²) in [7, 11) is 1.34. The summed E-state index contributed by atoms with van der Waals surface area (Å²) in [4.78, 5) is 26.8. The number of imidazole rings is 1. The number of likely N-dealkylation sites (tertiary alicyclic amines) is 1. The lowest BCUT2D eigenvalue weighted by atomic mass is 10.1. The van der Waals surface area contributed by atoms with Gasteiger partial charge in [0.2, 0.25) is 5.88 Å². The number of nitrogens with zero attached hydrogens (tertiary/aromatic N) is 4. The van der Waals surface area contributed by atoms with Crippen LogP contribution in [0.4, 0.5) is 4.39 Å². The lowest BCUT2D eigenvalue weighted by Gasteiger charge is -2.18. The van der Waals surface area contributed by atoms with Gasteiger partial charge in [-0.05, 0) is 42.2 Å². The van der Waals surface area contributed by atoms with E-state index in [1.807, 2.05) is 18.2 Å². The molecule has 192 valence electrons. The number of fused-ring (bicyclic) bond motifs is 2. The molecule has 2 aliphatic rings. The molecule has 10 heteroatoms. The van der Waals surface area contributed by atoms with Crippen molar-refractivity contribution in [3.63, 3.8) is 0 Å². The Bertz CT molecular complexity index is 1590. The number of carbonyl (C=O) groups is 1. The highest BCUT2D eigenvalue weighted by Crippen LogP contribution is 2.58. The second-order valence-electron chi connectivity index (χ2n) is 9.68. The maximum Gasteiger partial charge on any atom is 0.337 e. The lowest BCUT2D eigenvalue weighted by molar-refractivity contribution is 0.0601. The van der Waals surface area contributed by atoms with Crippen molar-refractivity contribution in [1.82, 2.24) is 19.9 Å². The molecule has 2 fully saturated rings. The number of rotatable bonds is 7. The Morgan fingerprint density at radius 3 is 2.76 bits per heavy atom. The van der Waals surface area contributed by atoms with Crippen LogP contribution >= 0.6 is 11.6 Å². The van der Waals surface area contributed by atoms with Crippen molar-refractivity contribution >= 4 is 28.6 Å². The van der Waals surface area contributed by atoms with E-state index in [1.165, 1.54) is 13.2 Å². The zero-order chi connectivity index (χ0) is 26.4. The fraction of sp³-hybridized carbons (Fsp3) is 0.286. The molecule has 1 saturated heterocycles. The largest absolute Gasteiger partial charge is 0.473 e. The smallest absolute Gasteiger partial charge is 0.337 e. The van der Waals surface area contributed by atoms with E-state index in [1.54, 1.807) is 30.3 Å². The van der Waals surface area contributed by atoms with Crippen molar-refractivity contribution in [2.24, 2.45) is 11.8 Å². The van der Waals surface area contributed by atoms with E-state index in [0.29, 0.717) is 57.4 Å². The number of piperidine rings is 1. The van der Waals surface area contributed by atoms with Crippen molar-refractivity contribution in [2.45, 2.75) is 19.1 Å². The number of benzene rings is 2. The van der Waals surface area contributed by atoms with Crippen molar-refractivity contribution in [1.29, 1.82) is 5.26 Å². The molecule has 1 aliphatic heterocycles. The van der Waals surface area contributed by atoms with Crippen LogP contribution in [0.5, 0.6) is 5.88 Å². The Morgan fingerprint density at radius 1 is 1.21 bits per heavy atom. The van der Waals surface area contributed by atoms with Gasteiger partial charge in [-0.2, -0.15) is 5.26 Å². The van der Waals surface area contributed by atoms with E-state index in [4.69, 9.17) is 26.3 Å². The molecule has 6 rings (SSSR count). The number of halogens is 2. The van der Waals surface area contributed by atoms with Gasteiger partial charge in [0.25, 0.3) is 0 Å². The van der Waals surface area contributed by atoms with Gasteiger partial charge in [-0.15, -0.1) is 0 Å². The number of methoxy groups -OCH3 is 1. The first-order valence-electron chi connectivity index (χ1n) is 12.2. The Morgan fingerprint density at radius 2 is 2.03 bits per heavy atom. The fourth-order valence-electron chi connectivity index (χ4n) is 5.41. The number of aromatic nitrogens is 3. The van der Waals surface area contributed by atoms with Gasteiger partial charge in [0.1, 0.15) is 23.8 Å². The number of esters is 1. The Balaban J connectivity index is 1.07. The number of hydrogen-bond acceptors (Lipinski definition) is 7. The third-order valence-corrected chi connectivity index (χ3v) is 7.59. The van der Waals surface area contributed by atoms with Crippen LogP contribution in [0.15, 0.2) is 48.5 Å². The highest BCUT2D eigenvalue weighted by Gasteiger charge is 2.56. The van der Waals surface area contributed by atoms with Crippen LogP contribution in [0.2, 0.25) is 5.02 Å². The molecule has 2 aromatic carbocycles. The molecule has 1 unspecified atom stereocenters. The topological polar surface area (TPSA) is 104 Å². The van der Waals surface area contributed by atoms with E-state index in [9.17, 15) is 9.18 Å². The molecule has 8 nitrogen and oxygen atoms in total. The highest BCUT2D eigenvalue weighted by atomic mass is 35.5. The summed E-state index contributed by atoms with van der Waals surface area (Å²) in [6.45, 7) is 2.56. The molecule has 3 atom stereocenters. The predicted octanol–water partition coefficient (Wildman–Crippen LogP) is 4.83. The SMILES string of the molecule is COC(=O)c1cc(Cl)c2nc(CN3C[C@@H]4C(c5cccc(OCc6ccc(C#N)cc6F)n5)[C@@H]4C3)[nH]c2c1. The van der Waals surface area contributed by atoms with E-state index >= 15 is 0 Å². The van der Waals surface area contributed by atoms with Gasteiger partial charge in [0.15, 0.2) is 0 Å². The molecule has 3 heterocycles. The molecular formula is C28H23ClFN5O3. The minimum atomic E-state index is -0.465. The summed E-state index contributed by atoms with van der Waals surface area (Å²) in [5.41, 5.74) is 3.37. The maximum atomic E-state index is 14.2. The third-order valence-electron chi connectivity index (χ3n) is 7.30. The van der Waals surface area contributed by atoms with E-state index in [0.717, 1.165) is 24.6 Å². The van der Waals surface area contributed by atoms with Crippen LogP contribution in [0, 0.1) is 29.0 Å². The molecule has 0 spiro atoms. The van der Waals surface area contributed by atoms with Gasteiger partial charge in [0, 0.05) is 36.3 Å². The Labute approximate surface area is 223 Å². The van der Waals surface area contributed by atoms with Crippen LogP contribution in [-0.4, -0.2) is 46.0 Å². The number of ether oxygens (including phenoxy) is 2. The highest BCUT2D eigenvalue weighted by molar-refractivity contribution is 6.35. The van der Waals surface area contributed by atoms with Gasteiger partial charge in [-0.3, -0.25) is 4.90 Å². The lowest BCUT2D eigenvalue weighted by Crippen LogP contribution is -2.24. The average molecular weight is 532 g/mol. The number of aromatic amines is 1. The molecule has 38 heavy (non-hydrogen) atoms. The second-order valence-corrected chi connectivity index (χ2v) is 10.1. The predicted molar refractivity (Wildman–Crippen MR) is 137 cm³/mol. The van der Waals surface area contributed by atoms with Gasteiger partial charge in [0.05, 0.1) is 41.4 Å². The molecular weight excluding hydrogens is 509 g/mol. The van der Waals surface area contributed by atoms with Crippen LogP contribution in [0.1, 0.15) is 38.9 Å². The summed E-state index contributed by atoms with van der Waals surface area (Å²) < 4.78 is 24.7. The summed E-state index contributed by atoms with van der Waals surface area (Å²) in [6.07, 6.45) is 0. The molecule has 0 bridgehead atoms. The van der Waals surface area contributed by atoms with E-state index in [2.05, 4.69) is 19.9 Å². The molecule has 0 amide bonds. The molecule has 4 aromatic rings. The fourth-order valence-corrected chi connectivity index (χ4v) is 5.67. The van der Waals surface area contributed by atoms with Crippen molar-refractivity contribution in [2.75, 3.05) is 20.2 Å². The first kappa shape index (κ1) is 24.3. The average Bonchev–Trinajstić information content (AvgIpc) is 3.21. The first-order valence-corrected chi connectivity index (χ1v) is 12.6. The van der Waals surface area contributed by atoms with Gasteiger partial charge >= 0.3 is 5.97 Å². The van der Waals surface area contributed by atoms with Crippen LogP contribution in [0.3, 0.4) is 0 Å². The number of pyridine rings is 1. The monoisotopic (exact) mass is 531 g/mol. The zero-order valence-electron chi connectivity index (χ0n) is 20.4. The molecule has 1 aliphatic carbocycles. The summed E-state index contributed by atoms with van der Waals surface area (Å²) in [6, 6.07) is 15.2. The number of hydrogen-bond donors (Lipinski definition) is 1. The second kappa shape index (κ2) is 9.71. The quantitative estimate of drug-likeness (QED) is 0.340. The number of carbonyl (C=O) groups excluding carboxylic acids is 1.